The molecule has 0 aliphatic heterocycles. The van der Waals surface area contributed by atoms with Crippen molar-refractivity contribution in [3.8, 4) is 0 Å². The first-order chi connectivity index (χ1) is 9.61. The summed E-state index contributed by atoms with van der Waals surface area (Å²) in [5, 5.41) is 13.0. The molecule has 2 N–H and O–H groups in total. The lowest BCUT2D eigenvalue weighted by Crippen LogP contribution is -2.39. The second kappa shape index (κ2) is 6.48. The zero-order valence-electron chi connectivity index (χ0n) is 11.8. The number of nitrogens with zero attached hydrogens (tertiary/aromatic N) is 1. The molecule has 0 aliphatic carbocycles. The Kier molecular flexibility index (Phi) is 4.69. The van der Waals surface area contributed by atoms with Crippen LogP contribution in [0.25, 0.3) is 10.9 Å². The topological polar surface area (TPSA) is 62.2 Å². The molecule has 1 amide bonds. The van der Waals surface area contributed by atoms with Crippen molar-refractivity contribution in [1.82, 2.24) is 10.3 Å². The number of para-hydroxylation sites is 1. The number of aliphatic hydroxyl groups excluding tert-OH is 1. The van der Waals surface area contributed by atoms with E-state index >= 15 is 0 Å². The number of rotatable bonds is 5. The Morgan fingerprint density at radius 3 is 2.70 bits per heavy atom. The molecule has 0 spiro atoms. The maximum Gasteiger partial charge on any atom is 0.270 e. The normalized spacial score (nSPS) is 12.6. The molecule has 4 heteroatoms. The van der Waals surface area contributed by atoms with E-state index in [0.29, 0.717) is 12.1 Å². The van der Waals surface area contributed by atoms with E-state index in [1.807, 2.05) is 44.2 Å². The fourth-order valence-electron chi connectivity index (χ4n) is 2.15. The van der Waals surface area contributed by atoms with Crippen molar-refractivity contribution < 1.29 is 9.90 Å². The lowest BCUT2D eigenvalue weighted by molar-refractivity contribution is 0.0912. The summed E-state index contributed by atoms with van der Waals surface area (Å²) < 4.78 is 0. The van der Waals surface area contributed by atoms with Crippen molar-refractivity contribution in [2.45, 2.75) is 26.3 Å². The Morgan fingerprint density at radius 2 is 2.00 bits per heavy atom. The molecule has 4 nitrogen and oxygen atoms in total. The summed E-state index contributed by atoms with van der Waals surface area (Å²) in [6.07, 6.45) is 0.553. The molecule has 0 bridgehead atoms. The van der Waals surface area contributed by atoms with Crippen LogP contribution in [-0.2, 0) is 0 Å². The van der Waals surface area contributed by atoms with Crippen molar-refractivity contribution >= 4 is 16.8 Å². The van der Waals surface area contributed by atoms with Crippen molar-refractivity contribution in [2.75, 3.05) is 6.61 Å². The van der Waals surface area contributed by atoms with Crippen LogP contribution in [0.3, 0.4) is 0 Å². The van der Waals surface area contributed by atoms with Crippen LogP contribution in [0.5, 0.6) is 0 Å². The number of benzene rings is 1. The Morgan fingerprint density at radius 1 is 1.25 bits per heavy atom. The quantitative estimate of drug-likeness (QED) is 0.878. The highest BCUT2D eigenvalue weighted by Gasteiger charge is 2.17. The number of amides is 1. The van der Waals surface area contributed by atoms with E-state index in [1.54, 1.807) is 6.07 Å². The first kappa shape index (κ1) is 14.5. The van der Waals surface area contributed by atoms with Crippen molar-refractivity contribution in [2.24, 2.45) is 5.92 Å². The summed E-state index contributed by atoms with van der Waals surface area (Å²) in [6, 6.07) is 11.3. The molecule has 1 heterocycles. The highest BCUT2D eigenvalue weighted by Crippen LogP contribution is 2.13. The van der Waals surface area contributed by atoms with Crippen LogP contribution in [0.2, 0.25) is 0 Å². The van der Waals surface area contributed by atoms with Gasteiger partial charge in [-0.25, -0.2) is 4.98 Å². The standard InChI is InChI=1S/C16H20N2O2/c1-11(2)13(9-10-19)18-16(20)15-8-7-12-5-3-4-6-14(12)17-15/h3-8,11,13,19H,9-10H2,1-2H3,(H,18,20). The zero-order chi connectivity index (χ0) is 14.5. The molecule has 1 atom stereocenters. The molecule has 0 saturated carbocycles. The second-order valence-electron chi connectivity index (χ2n) is 5.23. The molecule has 0 aliphatic rings. The molecule has 0 radical (unpaired) electrons. The van der Waals surface area contributed by atoms with Gasteiger partial charge in [0.1, 0.15) is 5.69 Å². The van der Waals surface area contributed by atoms with Crippen molar-refractivity contribution in [3.63, 3.8) is 0 Å². The third-order valence-electron chi connectivity index (χ3n) is 3.39. The van der Waals surface area contributed by atoms with E-state index in [0.717, 1.165) is 10.9 Å². The average Bonchev–Trinajstić information content (AvgIpc) is 2.46. The van der Waals surface area contributed by atoms with Crippen molar-refractivity contribution in [1.29, 1.82) is 0 Å². The number of hydrogen-bond donors (Lipinski definition) is 2. The summed E-state index contributed by atoms with van der Waals surface area (Å²) in [5.41, 5.74) is 1.22. The smallest absolute Gasteiger partial charge is 0.270 e. The number of aliphatic hydroxyl groups is 1. The summed E-state index contributed by atoms with van der Waals surface area (Å²) >= 11 is 0. The molecule has 1 unspecified atom stereocenters. The zero-order valence-corrected chi connectivity index (χ0v) is 11.8. The Labute approximate surface area is 118 Å². The highest BCUT2D eigenvalue weighted by molar-refractivity contribution is 5.95. The highest BCUT2D eigenvalue weighted by atomic mass is 16.3. The van der Waals surface area contributed by atoms with Gasteiger partial charge >= 0.3 is 0 Å². The van der Waals surface area contributed by atoms with Gasteiger partial charge in [-0.05, 0) is 24.5 Å². The van der Waals surface area contributed by atoms with E-state index in [-0.39, 0.29) is 24.5 Å². The number of hydrogen-bond acceptors (Lipinski definition) is 3. The number of aromatic nitrogens is 1. The maximum atomic E-state index is 12.2. The minimum absolute atomic E-state index is 0.0410. The minimum Gasteiger partial charge on any atom is -0.396 e. The predicted molar refractivity (Wildman–Crippen MR) is 79.5 cm³/mol. The van der Waals surface area contributed by atoms with Gasteiger partial charge in [0.15, 0.2) is 0 Å². The summed E-state index contributed by atoms with van der Waals surface area (Å²) in [7, 11) is 0. The van der Waals surface area contributed by atoms with Gasteiger partial charge in [-0.3, -0.25) is 4.79 Å². The van der Waals surface area contributed by atoms with Gasteiger partial charge in [-0.15, -0.1) is 0 Å². The van der Waals surface area contributed by atoms with Crippen LogP contribution < -0.4 is 5.32 Å². The monoisotopic (exact) mass is 272 g/mol. The van der Waals surface area contributed by atoms with Crippen LogP contribution in [-0.4, -0.2) is 28.6 Å². The van der Waals surface area contributed by atoms with E-state index in [9.17, 15) is 4.79 Å². The minimum atomic E-state index is -0.192. The number of carbonyl (C=O) groups excluding carboxylic acids is 1. The molecule has 20 heavy (non-hydrogen) atoms. The van der Waals surface area contributed by atoms with Crippen LogP contribution in [0.1, 0.15) is 30.8 Å². The lowest BCUT2D eigenvalue weighted by atomic mass is 10.0. The molecule has 2 rings (SSSR count). The Balaban J connectivity index is 2.18. The molecule has 106 valence electrons. The molecule has 1 aromatic heterocycles. The van der Waals surface area contributed by atoms with Gasteiger partial charge in [-0.1, -0.05) is 38.1 Å². The average molecular weight is 272 g/mol. The number of nitrogens with one attached hydrogen (secondary N) is 1. The van der Waals surface area contributed by atoms with Crippen LogP contribution >= 0.6 is 0 Å². The molecule has 0 fully saturated rings. The second-order valence-corrected chi connectivity index (χ2v) is 5.23. The van der Waals surface area contributed by atoms with E-state index in [1.165, 1.54) is 0 Å². The van der Waals surface area contributed by atoms with Gasteiger partial charge in [0.05, 0.1) is 5.52 Å². The predicted octanol–water partition coefficient (Wildman–Crippen LogP) is 2.37. The van der Waals surface area contributed by atoms with Gasteiger partial charge in [-0.2, -0.15) is 0 Å². The molecular weight excluding hydrogens is 252 g/mol. The molecule has 0 saturated heterocycles. The third kappa shape index (κ3) is 3.33. The fourth-order valence-corrected chi connectivity index (χ4v) is 2.15. The van der Waals surface area contributed by atoms with Crippen LogP contribution in [0.15, 0.2) is 36.4 Å². The van der Waals surface area contributed by atoms with Gasteiger partial charge < -0.3 is 10.4 Å². The Hall–Kier alpha value is -1.94. The fraction of sp³-hybridized carbons (Fsp3) is 0.375. The largest absolute Gasteiger partial charge is 0.396 e. The van der Waals surface area contributed by atoms with E-state index < -0.39 is 0 Å². The maximum absolute atomic E-state index is 12.2. The SMILES string of the molecule is CC(C)C(CCO)NC(=O)c1ccc2ccccc2n1. The van der Waals surface area contributed by atoms with Crippen LogP contribution in [0, 0.1) is 5.92 Å². The summed E-state index contributed by atoms with van der Waals surface area (Å²) in [4.78, 5) is 16.6. The van der Waals surface area contributed by atoms with Gasteiger partial charge in [0.25, 0.3) is 5.91 Å². The number of fused-ring (bicyclic) bond motifs is 1. The summed E-state index contributed by atoms with van der Waals surface area (Å²) in [5.74, 6) is 0.0782. The van der Waals surface area contributed by atoms with E-state index in [4.69, 9.17) is 5.11 Å². The van der Waals surface area contributed by atoms with Crippen molar-refractivity contribution in [3.05, 3.63) is 42.1 Å². The Bertz CT molecular complexity index is 596. The van der Waals surface area contributed by atoms with Gasteiger partial charge in [0, 0.05) is 18.0 Å². The molecule has 2 aromatic rings. The molecular formula is C16H20N2O2. The lowest BCUT2D eigenvalue weighted by Gasteiger charge is -2.21. The molecule has 1 aromatic carbocycles. The van der Waals surface area contributed by atoms with E-state index in [2.05, 4.69) is 10.3 Å². The first-order valence-corrected chi connectivity index (χ1v) is 6.89. The van der Waals surface area contributed by atoms with Gasteiger partial charge in [0.2, 0.25) is 0 Å². The first-order valence-electron chi connectivity index (χ1n) is 6.89. The summed E-state index contributed by atoms with van der Waals surface area (Å²) in [6.45, 7) is 4.11. The number of carbonyl (C=O) groups is 1. The van der Waals surface area contributed by atoms with Crippen LogP contribution in [0.4, 0.5) is 0 Å². The number of pyridine rings is 1. The third-order valence-corrected chi connectivity index (χ3v) is 3.39.